The summed E-state index contributed by atoms with van der Waals surface area (Å²) in [5.74, 6) is 1.05. The molecule has 0 bridgehead atoms. The van der Waals surface area contributed by atoms with Gasteiger partial charge in [-0.25, -0.2) is 0 Å². The molecular formula is C21H23N3O2. The van der Waals surface area contributed by atoms with Crippen molar-refractivity contribution in [1.29, 1.82) is 0 Å². The first kappa shape index (κ1) is 16.6. The summed E-state index contributed by atoms with van der Waals surface area (Å²) in [7, 11) is 0. The van der Waals surface area contributed by atoms with Gasteiger partial charge in [0.2, 0.25) is 0 Å². The smallest absolute Gasteiger partial charge is 0.291 e. The zero-order valence-corrected chi connectivity index (χ0v) is 15.4. The van der Waals surface area contributed by atoms with Gasteiger partial charge in [-0.3, -0.25) is 9.48 Å². The van der Waals surface area contributed by atoms with Crippen LogP contribution in [0.25, 0.3) is 11.3 Å². The Morgan fingerprint density at radius 3 is 2.85 bits per heavy atom. The minimum Gasteiger partial charge on any atom is -0.455 e. The fraction of sp³-hybridized carbons (Fsp3) is 0.333. The Hall–Kier alpha value is -2.82. The molecule has 26 heavy (non-hydrogen) atoms. The van der Waals surface area contributed by atoms with Crippen molar-refractivity contribution in [3.8, 4) is 11.3 Å². The topological polar surface area (TPSA) is 60.1 Å². The van der Waals surface area contributed by atoms with Gasteiger partial charge in [0.05, 0.1) is 5.69 Å². The number of nitrogens with zero attached hydrogens (tertiary/aromatic N) is 2. The summed E-state index contributed by atoms with van der Waals surface area (Å²) >= 11 is 0. The van der Waals surface area contributed by atoms with Crippen molar-refractivity contribution in [3.63, 3.8) is 0 Å². The Morgan fingerprint density at radius 2 is 2.08 bits per heavy atom. The fourth-order valence-electron chi connectivity index (χ4n) is 3.67. The van der Waals surface area contributed by atoms with Crippen molar-refractivity contribution < 1.29 is 9.21 Å². The van der Waals surface area contributed by atoms with Crippen molar-refractivity contribution in [2.45, 2.75) is 46.6 Å². The molecule has 2 aromatic heterocycles. The number of nitrogens with one attached hydrogen (secondary N) is 1. The molecule has 1 aliphatic rings. The minimum atomic E-state index is -0.200. The van der Waals surface area contributed by atoms with E-state index in [1.807, 2.05) is 35.9 Å². The molecular weight excluding hydrogens is 326 g/mol. The Morgan fingerprint density at radius 1 is 1.27 bits per heavy atom. The van der Waals surface area contributed by atoms with Crippen LogP contribution in [-0.2, 0) is 25.8 Å². The third kappa shape index (κ3) is 2.64. The molecule has 0 saturated heterocycles. The Labute approximate surface area is 153 Å². The van der Waals surface area contributed by atoms with E-state index in [-0.39, 0.29) is 5.91 Å². The second-order valence-corrected chi connectivity index (χ2v) is 6.68. The van der Waals surface area contributed by atoms with Crippen LogP contribution in [0.5, 0.6) is 0 Å². The predicted molar refractivity (Wildman–Crippen MR) is 102 cm³/mol. The zero-order valence-electron chi connectivity index (χ0n) is 15.4. The first-order valence-electron chi connectivity index (χ1n) is 9.20. The third-order valence-corrected chi connectivity index (χ3v) is 5.09. The van der Waals surface area contributed by atoms with Crippen LogP contribution in [0.15, 0.2) is 34.9 Å². The summed E-state index contributed by atoms with van der Waals surface area (Å²) in [5.41, 5.74) is 6.00. The lowest BCUT2D eigenvalue weighted by molar-refractivity contribution is 0.0994. The largest absolute Gasteiger partial charge is 0.455 e. The molecule has 5 heteroatoms. The van der Waals surface area contributed by atoms with Gasteiger partial charge in [0.15, 0.2) is 5.76 Å². The molecule has 2 heterocycles. The van der Waals surface area contributed by atoms with E-state index in [1.165, 1.54) is 5.56 Å². The number of fused-ring (bicyclic) bond motifs is 3. The molecule has 1 aliphatic carbocycles. The zero-order chi connectivity index (χ0) is 18.3. The van der Waals surface area contributed by atoms with Gasteiger partial charge in [-0.2, -0.15) is 5.10 Å². The average molecular weight is 349 g/mol. The van der Waals surface area contributed by atoms with Crippen LogP contribution in [0, 0.1) is 6.92 Å². The van der Waals surface area contributed by atoms with Gasteiger partial charge in [-0.05, 0) is 43.9 Å². The number of carbonyl (C=O) groups is 1. The van der Waals surface area contributed by atoms with Crippen molar-refractivity contribution in [3.05, 3.63) is 58.7 Å². The second kappa shape index (κ2) is 6.48. The lowest BCUT2D eigenvalue weighted by Crippen LogP contribution is -2.13. The second-order valence-electron chi connectivity index (χ2n) is 6.68. The molecule has 0 saturated carbocycles. The molecule has 3 aromatic rings. The van der Waals surface area contributed by atoms with E-state index in [0.717, 1.165) is 59.6 Å². The van der Waals surface area contributed by atoms with Gasteiger partial charge in [0, 0.05) is 36.0 Å². The lowest BCUT2D eigenvalue weighted by atomic mass is 9.93. The number of para-hydroxylation sites is 1. The number of carbonyl (C=O) groups excluding carboxylic acids is 1. The fourth-order valence-corrected chi connectivity index (χ4v) is 3.67. The van der Waals surface area contributed by atoms with E-state index in [2.05, 4.69) is 30.5 Å². The number of aryl methyl sites for hydroxylation is 4. The van der Waals surface area contributed by atoms with E-state index in [4.69, 9.17) is 4.42 Å². The Balaban J connectivity index is 1.70. The number of hydrogen-bond acceptors (Lipinski definition) is 3. The van der Waals surface area contributed by atoms with Crippen LogP contribution in [0.3, 0.4) is 0 Å². The number of benzene rings is 1. The summed E-state index contributed by atoms with van der Waals surface area (Å²) in [6.45, 7) is 6.93. The van der Waals surface area contributed by atoms with Crippen LogP contribution >= 0.6 is 0 Å². The van der Waals surface area contributed by atoms with Crippen LogP contribution in [0.1, 0.15) is 46.9 Å². The molecule has 134 valence electrons. The third-order valence-electron chi connectivity index (χ3n) is 5.09. The van der Waals surface area contributed by atoms with Crippen molar-refractivity contribution >= 4 is 11.6 Å². The molecule has 0 aliphatic heterocycles. The van der Waals surface area contributed by atoms with Crippen LogP contribution in [0.2, 0.25) is 0 Å². The standard InChI is InChI=1S/C21H23N3O2/c1-4-14-8-6-7-9-16(14)22-21(25)20-13(3)18-17(26-20)11-10-15-12-24(5-2)23-19(15)18/h6-9,12H,4-5,10-11H2,1-3H3,(H,22,25). The molecule has 0 unspecified atom stereocenters. The summed E-state index contributed by atoms with van der Waals surface area (Å²) in [5, 5.41) is 7.69. The Kier molecular flexibility index (Phi) is 4.15. The highest BCUT2D eigenvalue weighted by Gasteiger charge is 2.29. The Bertz CT molecular complexity index is 981. The van der Waals surface area contributed by atoms with Crippen LogP contribution in [0.4, 0.5) is 5.69 Å². The van der Waals surface area contributed by atoms with Gasteiger partial charge in [-0.1, -0.05) is 25.1 Å². The van der Waals surface area contributed by atoms with Gasteiger partial charge < -0.3 is 9.73 Å². The van der Waals surface area contributed by atoms with E-state index >= 15 is 0 Å². The number of anilines is 1. The number of amides is 1. The van der Waals surface area contributed by atoms with Crippen molar-refractivity contribution in [2.75, 3.05) is 5.32 Å². The maximum Gasteiger partial charge on any atom is 0.291 e. The molecule has 0 radical (unpaired) electrons. The van der Waals surface area contributed by atoms with E-state index in [0.29, 0.717) is 5.76 Å². The first-order valence-corrected chi connectivity index (χ1v) is 9.20. The van der Waals surface area contributed by atoms with Crippen molar-refractivity contribution in [2.24, 2.45) is 0 Å². The molecule has 1 amide bonds. The predicted octanol–water partition coefficient (Wildman–Crippen LogP) is 4.38. The summed E-state index contributed by atoms with van der Waals surface area (Å²) in [6, 6.07) is 7.87. The molecule has 1 N–H and O–H groups in total. The number of rotatable bonds is 4. The molecule has 4 rings (SSSR count). The summed E-state index contributed by atoms with van der Waals surface area (Å²) in [4.78, 5) is 12.9. The minimum absolute atomic E-state index is 0.200. The summed E-state index contributed by atoms with van der Waals surface area (Å²) < 4.78 is 7.93. The first-order chi connectivity index (χ1) is 12.6. The summed E-state index contributed by atoms with van der Waals surface area (Å²) in [6.07, 6.45) is 4.66. The van der Waals surface area contributed by atoms with Gasteiger partial charge in [0.25, 0.3) is 5.91 Å². The van der Waals surface area contributed by atoms with Gasteiger partial charge >= 0.3 is 0 Å². The SMILES string of the molecule is CCc1ccccc1NC(=O)c1oc2c(c1C)-c1nn(CC)cc1CC2. The highest BCUT2D eigenvalue weighted by atomic mass is 16.4. The molecule has 0 spiro atoms. The van der Waals surface area contributed by atoms with E-state index < -0.39 is 0 Å². The van der Waals surface area contributed by atoms with Crippen molar-refractivity contribution in [1.82, 2.24) is 9.78 Å². The lowest BCUT2D eigenvalue weighted by Gasteiger charge is -2.09. The van der Waals surface area contributed by atoms with E-state index in [9.17, 15) is 4.79 Å². The molecule has 0 atom stereocenters. The quantitative estimate of drug-likeness (QED) is 0.760. The highest BCUT2D eigenvalue weighted by Crippen LogP contribution is 2.38. The molecule has 5 nitrogen and oxygen atoms in total. The normalized spacial score (nSPS) is 12.6. The monoisotopic (exact) mass is 349 g/mol. The average Bonchev–Trinajstić information content (AvgIpc) is 3.22. The van der Waals surface area contributed by atoms with E-state index in [1.54, 1.807) is 0 Å². The number of aromatic nitrogens is 2. The van der Waals surface area contributed by atoms with Crippen LogP contribution in [-0.4, -0.2) is 15.7 Å². The number of furan rings is 1. The molecule has 0 fully saturated rings. The maximum absolute atomic E-state index is 12.9. The van der Waals surface area contributed by atoms with Crippen LogP contribution < -0.4 is 5.32 Å². The highest BCUT2D eigenvalue weighted by molar-refractivity contribution is 6.05. The van der Waals surface area contributed by atoms with Gasteiger partial charge in [0.1, 0.15) is 5.76 Å². The van der Waals surface area contributed by atoms with Gasteiger partial charge in [-0.15, -0.1) is 0 Å². The number of hydrogen-bond donors (Lipinski definition) is 1. The maximum atomic E-state index is 12.9. The molecule has 1 aromatic carbocycles.